The standard InChI is InChI=1S/C20H18N6O3/c1-28-17-9-7-16(8-10-17)26-18-13(12-22-26)11-21-19(25-18)23-14-3-5-15(6-4-14)24-20(27)29-2/h3-12H,1-2H3,(H,24,27)(H,21,23,25). The van der Waals surface area contributed by atoms with Crippen molar-refractivity contribution in [1.29, 1.82) is 0 Å². The van der Waals surface area contributed by atoms with E-state index in [1.807, 2.05) is 24.3 Å². The summed E-state index contributed by atoms with van der Waals surface area (Å²) in [6.07, 6.45) is 2.91. The summed E-state index contributed by atoms with van der Waals surface area (Å²) in [5, 5.41) is 11.0. The van der Waals surface area contributed by atoms with Crippen LogP contribution in [-0.4, -0.2) is 40.1 Å². The van der Waals surface area contributed by atoms with Crippen molar-refractivity contribution in [2.45, 2.75) is 0 Å². The molecule has 29 heavy (non-hydrogen) atoms. The van der Waals surface area contributed by atoms with Crippen molar-refractivity contribution in [3.05, 3.63) is 60.9 Å². The lowest BCUT2D eigenvalue weighted by atomic mass is 10.3. The Balaban J connectivity index is 1.57. The molecule has 0 aliphatic rings. The molecule has 146 valence electrons. The number of ether oxygens (including phenoxy) is 2. The highest BCUT2D eigenvalue weighted by Gasteiger charge is 2.09. The molecular formula is C20H18N6O3. The molecule has 0 atom stereocenters. The first-order valence-corrected chi connectivity index (χ1v) is 8.73. The molecular weight excluding hydrogens is 372 g/mol. The molecule has 0 radical (unpaired) electrons. The minimum absolute atomic E-state index is 0.432. The zero-order valence-electron chi connectivity index (χ0n) is 15.8. The maximum Gasteiger partial charge on any atom is 0.411 e. The molecule has 0 unspecified atom stereocenters. The van der Waals surface area contributed by atoms with Gasteiger partial charge in [-0.05, 0) is 48.5 Å². The van der Waals surface area contributed by atoms with Crippen LogP contribution in [0.3, 0.4) is 0 Å². The Hall–Kier alpha value is -4.14. The van der Waals surface area contributed by atoms with Gasteiger partial charge in [0.25, 0.3) is 0 Å². The predicted octanol–water partition coefficient (Wildman–Crippen LogP) is 3.75. The molecule has 1 amide bonds. The number of carbonyl (C=O) groups is 1. The van der Waals surface area contributed by atoms with E-state index in [1.165, 1.54) is 7.11 Å². The lowest BCUT2D eigenvalue weighted by Crippen LogP contribution is -2.10. The van der Waals surface area contributed by atoms with Gasteiger partial charge < -0.3 is 14.8 Å². The molecule has 4 aromatic rings. The first kappa shape index (κ1) is 18.2. The Kier molecular flexibility index (Phi) is 4.93. The number of carbonyl (C=O) groups excluding carboxylic acids is 1. The van der Waals surface area contributed by atoms with Crippen LogP contribution in [0.2, 0.25) is 0 Å². The van der Waals surface area contributed by atoms with E-state index in [9.17, 15) is 4.79 Å². The van der Waals surface area contributed by atoms with Gasteiger partial charge in [-0.3, -0.25) is 5.32 Å². The second-order valence-electron chi connectivity index (χ2n) is 6.05. The van der Waals surface area contributed by atoms with E-state index in [2.05, 4.69) is 30.4 Å². The van der Waals surface area contributed by atoms with Crippen LogP contribution in [0.5, 0.6) is 5.75 Å². The van der Waals surface area contributed by atoms with Crippen LogP contribution in [-0.2, 0) is 4.74 Å². The number of rotatable bonds is 5. The molecule has 9 heteroatoms. The quantitative estimate of drug-likeness (QED) is 0.535. The second-order valence-corrected chi connectivity index (χ2v) is 6.05. The summed E-state index contributed by atoms with van der Waals surface area (Å²) >= 11 is 0. The van der Waals surface area contributed by atoms with Crippen LogP contribution in [0, 0.1) is 0 Å². The SMILES string of the molecule is COC(=O)Nc1ccc(Nc2ncc3cnn(-c4ccc(OC)cc4)c3n2)cc1. The Labute approximate surface area is 166 Å². The Morgan fingerprint density at radius 3 is 2.38 bits per heavy atom. The molecule has 9 nitrogen and oxygen atoms in total. The van der Waals surface area contributed by atoms with Crippen molar-refractivity contribution in [3.63, 3.8) is 0 Å². The molecule has 0 bridgehead atoms. The molecule has 0 saturated heterocycles. The fourth-order valence-electron chi connectivity index (χ4n) is 2.72. The number of anilines is 3. The molecule has 0 fully saturated rings. The fourth-order valence-corrected chi connectivity index (χ4v) is 2.72. The molecule has 2 aromatic carbocycles. The van der Waals surface area contributed by atoms with Crippen molar-refractivity contribution >= 4 is 34.4 Å². The number of hydrogen-bond acceptors (Lipinski definition) is 7. The first-order valence-electron chi connectivity index (χ1n) is 8.73. The van der Waals surface area contributed by atoms with Crippen molar-refractivity contribution in [2.75, 3.05) is 24.9 Å². The first-order chi connectivity index (χ1) is 14.2. The van der Waals surface area contributed by atoms with Crippen LogP contribution < -0.4 is 15.4 Å². The molecule has 2 heterocycles. The molecule has 0 saturated carbocycles. The third-order valence-electron chi connectivity index (χ3n) is 4.20. The van der Waals surface area contributed by atoms with E-state index in [4.69, 9.17) is 4.74 Å². The molecule has 2 aromatic heterocycles. The molecule has 4 rings (SSSR count). The monoisotopic (exact) mass is 390 g/mol. The van der Waals surface area contributed by atoms with Gasteiger partial charge in [0.05, 0.1) is 31.5 Å². The normalized spacial score (nSPS) is 10.6. The largest absolute Gasteiger partial charge is 0.497 e. The second kappa shape index (κ2) is 7.85. The van der Waals surface area contributed by atoms with Gasteiger partial charge in [-0.25, -0.2) is 14.5 Å². The molecule has 2 N–H and O–H groups in total. The Morgan fingerprint density at radius 1 is 0.966 bits per heavy atom. The Morgan fingerprint density at radius 2 is 1.69 bits per heavy atom. The van der Waals surface area contributed by atoms with E-state index < -0.39 is 6.09 Å². The van der Waals surface area contributed by atoms with Gasteiger partial charge in [-0.15, -0.1) is 0 Å². The number of hydrogen-bond donors (Lipinski definition) is 2. The number of benzene rings is 2. The third-order valence-corrected chi connectivity index (χ3v) is 4.20. The predicted molar refractivity (Wildman–Crippen MR) is 109 cm³/mol. The average Bonchev–Trinajstić information content (AvgIpc) is 3.18. The summed E-state index contributed by atoms with van der Waals surface area (Å²) in [6, 6.07) is 14.7. The van der Waals surface area contributed by atoms with Gasteiger partial charge in [-0.1, -0.05) is 0 Å². The van der Waals surface area contributed by atoms with Gasteiger partial charge in [0.1, 0.15) is 5.75 Å². The highest BCUT2D eigenvalue weighted by Crippen LogP contribution is 2.21. The number of aromatic nitrogens is 4. The van der Waals surface area contributed by atoms with Gasteiger partial charge in [0, 0.05) is 17.6 Å². The van der Waals surface area contributed by atoms with Crippen molar-refractivity contribution in [2.24, 2.45) is 0 Å². The highest BCUT2D eigenvalue weighted by molar-refractivity contribution is 5.84. The highest BCUT2D eigenvalue weighted by atomic mass is 16.5. The third kappa shape index (κ3) is 3.93. The van der Waals surface area contributed by atoms with E-state index in [-0.39, 0.29) is 0 Å². The minimum atomic E-state index is -0.522. The van der Waals surface area contributed by atoms with Gasteiger partial charge >= 0.3 is 6.09 Å². The van der Waals surface area contributed by atoms with Crippen molar-refractivity contribution in [1.82, 2.24) is 19.7 Å². The van der Waals surface area contributed by atoms with Crippen molar-refractivity contribution in [3.8, 4) is 11.4 Å². The van der Waals surface area contributed by atoms with Gasteiger partial charge in [-0.2, -0.15) is 10.1 Å². The lowest BCUT2D eigenvalue weighted by Gasteiger charge is -2.08. The number of nitrogens with zero attached hydrogens (tertiary/aromatic N) is 4. The summed E-state index contributed by atoms with van der Waals surface area (Å²) in [5.41, 5.74) is 2.94. The zero-order valence-corrected chi connectivity index (χ0v) is 15.8. The van der Waals surface area contributed by atoms with Crippen LogP contribution in [0.25, 0.3) is 16.7 Å². The maximum absolute atomic E-state index is 11.3. The summed E-state index contributed by atoms with van der Waals surface area (Å²) in [7, 11) is 2.94. The summed E-state index contributed by atoms with van der Waals surface area (Å²) < 4.78 is 11.5. The summed E-state index contributed by atoms with van der Waals surface area (Å²) in [4.78, 5) is 20.2. The zero-order chi connectivity index (χ0) is 20.2. The van der Waals surface area contributed by atoms with E-state index in [1.54, 1.807) is 48.5 Å². The topological polar surface area (TPSA) is 103 Å². The van der Waals surface area contributed by atoms with Gasteiger partial charge in [0.15, 0.2) is 5.65 Å². The number of methoxy groups -OCH3 is 2. The maximum atomic E-state index is 11.3. The van der Waals surface area contributed by atoms with Crippen LogP contribution in [0.4, 0.5) is 22.1 Å². The van der Waals surface area contributed by atoms with Gasteiger partial charge in [0.2, 0.25) is 5.95 Å². The summed E-state index contributed by atoms with van der Waals surface area (Å²) in [6.45, 7) is 0. The average molecular weight is 390 g/mol. The number of fused-ring (bicyclic) bond motifs is 1. The van der Waals surface area contributed by atoms with E-state index in [0.717, 1.165) is 22.5 Å². The van der Waals surface area contributed by atoms with E-state index in [0.29, 0.717) is 17.3 Å². The summed E-state index contributed by atoms with van der Waals surface area (Å²) in [5.74, 6) is 1.20. The smallest absolute Gasteiger partial charge is 0.411 e. The Bertz CT molecular complexity index is 1140. The van der Waals surface area contributed by atoms with Crippen LogP contribution >= 0.6 is 0 Å². The minimum Gasteiger partial charge on any atom is -0.497 e. The number of nitrogens with one attached hydrogen (secondary N) is 2. The van der Waals surface area contributed by atoms with Crippen LogP contribution in [0.1, 0.15) is 0 Å². The van der Waals surface area contributed by atoms with Crippen LogP contribution in [0.15, 0.2) is 60.9 Å². The van der Waals surface area contributed by atoms with E-state index >= 15 is 0 Å². The number of amides is 1. The van der Waals surface area contributed by atoms with Crippen molar-refractivity contribution < 1.29 is 14.3 Å². The lowest BCUT2D eigenvalue weighted by molar-refractivity contribution is 0.187. The molecule has 0 spiro atoms. The molecule has 0 aliphatic heterocycles. The fraction of sp³-hybridized carbons (Fsp3) is 0.100. The molecule has 0 aliphatic carbocycles.